The Morgan fingerprint density at radius 3 is 2.67 bits per heavy atom. The van der Waals surface area contributed by atoms with Crippen LogP contribution in [0, 0.1) is 0 Å². The predicted molar refractivity (Wildman–Crippen MR) is 84.7 cm³/mol. The first-order chi connectivity index (χ1) is 9.85. The van der Waals surface area contributed by atoms with Gasteiger partial charge in [-0.1, -0.05) is 13.8 Å². The summed E-state index contributed by atoms with van der Waals surface area (Å²) in [4.78, 5) is 14.0. The number of nitrogens with zero attached hydrogens (tertiary/aromatic N) is 1. The first-order valence-corrected chi connectivity index (χ1v) is 8.20. The molecule has 1 atom stereocenters. The molecular weight excluding hydrogens is 268 g/mol. The molecular formula is C16H32N2O3. The van der Waals surface area contributed by atoms with Crippen molar-refractivity contribution in [3.63, 3.8) is 0 Å². The normalized spacial score (nSPS) is 21.9. The van der Waals surface area contributed by atoms with Gasteiger partial charge in [-0.2, -0.15) is 0 Å². The average molecular weight is 300 g/mol. The van der Waals surface area contributed by atoms with Crippen molar-refractivity contribution in [1.29, 1.82) is 0 Å². The Balaban J connectivity index is 2.47. The molecule has 0 aromatic carbocycles. The van der Waals surface area contributed by atoms with Gasteiger partial charge in [-0.25, -0.2) is 0 Å². The van der Waals surface area contributed by atoms with Gasteiger partial charge in [0.15, 0.2) is 0 Å². The minimum atomic E-state index is -0.766. The van der Waals surface area contributed by atoms with Gasteiger partial charge in [0.2, 0.25) is 0 Å². The molecule has 1 saturated heterocycles. The van der Waals surface area contributed by atoms with Crippen LogP contribution in [-0.4, -0.2) is 59.9 Å². The number of aliphatic carboxylic acids is 1. The molecule has 124 valence electrons. The van der Waals surface area contributed by atoms with E-state index in [9.17, 15) is 9.90 Å². The van der Waals surface area contributed by atoms with Gasteiger partial charge in [-0.3, -0.25) is 9.69 Å². The summed E-state index contributed by atoms with van der Waals surface area (Å²) < 4.78 is 5.71. The van der Waals surface area contributed by atoms with Crippen LogP contribution in [0.1, 0.15) is 53.4 Å². The number of hydrogen-bond acceptors (Lipinski definition) is 4. The van der Waals surface area contributed by atoms with E-state index in [0.29, 0.717) is 12.8 Å². The van der Waals surface area contributed by atoms with Crippen LogP contribution in [0.3, 0.4) is 0 Å². The molecule has 21 heavy (non-hydrogen) atoms. The number of nitrogens with one attached hydrogen (secondary N) is 1. The molecule has 0 aliphatic carbocycles. The number of ether oxygens (including phenoxy) is 1. The summed E-state index contributed by atoms with van der Waals surface area (Å²) in [5.74, 6) is -0.722. The third-order valence-corrected chi connectivity index (χ3v) is 4.31. The second-order valence-electron chi connectivity index (χ2n) is 6.66. The Morgan fingerprint density at radius 1 is 1.43 bits per heavy atom. The maximum absolute atomic E-state index is 11.6. The van der Waals surface area contributed by atoms with Gasteiger partial charge in [0.05, 0.1) is 12.2 Å². The van der Waals surface area contributed by atoms with E-state index in [1.54, 1.807) is 0 Å². The van der Waals surface area contributed by atoms with Gasteiger partial charge >= 0.3 is 5.97 Å². The summed E-state index contributed by atoms with van der Waals surface area (Å²) in [5, 5.41) is 12.8. The summed E-state index contributed by atoms with van der Waals surface area (Å²) >= 11 is 0. The third-order valence-electron chi connectivity index (χ3n) is 4.31. The number of rotatable bonds is 9. The first kappa shape index (κ1) is 18.4. The van der Waals surface area contributed by atoms with E-state index in [-0.39, 0.29) is 5.60 Å². The maximum Gasteiger partial charge on any atom is 0.323 e. The predicted octanol–water partition coefficient (Wildman–Crippen LogP) is 2.11. The van der Waals surface area contributed by atoms with E-state index in [0.717, 1.165) is 45.6 Å². The zero-order chi connectivity index (χ0) is 15.9. The largest absolute Gasteiger partial charge is 0.480 e. The molecule has 5 nitrogen and oxygen atoms in total. The minimum absolute atomic E-state index is 0.0899. The summed E-state index contributed by atoms with van der Waals surface area (Å²) in [6, 6.07) is 0. The van der Waals surface area contributed by atoms with Crippen LogP contribution in [0.2, 0.25) is 0 Å². The highest BCUT2D eigenvalue weighted by atomic mass is 16.5. The topological polar surface area (TPSA) is 61.8 Å². The van der Waals surface area contributed by atoms with Crippen LogP contribution in [0.4, 0.5) is 0 Å². The Labute approximate surface area is 129 Å². The van der Waals surface area contributed by atoms with Gasteiger partial charge < -0.3 is 15.2 Å². The van der Waals surface area contributed by atoms with E-state index in [2.05, 4.69) is 31.0 Å². The van der Waals surface area contributed by atoms with E-state index in [1.807, 2.05) is 6.92 Å². The van der Waals surface area contributed by atoms with Crippen LogP contribution in [-0.2, 0) is 9.53 Å². The molecule has 0 saturated carbocycles. The van der Waals surface area contributed by atoms with Crippen molar-refractivity contribution >= 4 is 5.97 Å². The zero-order valence-corrected chi connectivity index (χ0v) is 14.1. The summed E-state index contributed by atoms with van der Waals surface area (Å²) in [6.45, 7) is 12.5. The Hall–Kier alpha value is -0.650. The second-order valence-corrected chi connectivity index (χ2v) is 6.66. The highest BCUT2D eigenvalue weighted by molar-refractivity contribution is 5.78. The van der Waals surface area contributed by atoms with Crippen molar-refractivity contribution in [2.24, 2.45) is 0 Å². The molecule has 1 fully saturated rings. The number of morpholine rings is 1. The minimum Gasteiger partial charge on any atom is -0.480 e. The highest BCUT2D eigenvalue weighted by Crippen LogP contribution is 2.21. The smallest absolute Gasteiger partial charge is 0.323 e. The standard InChI is InChI=1S/C16H32N2O3/c1-5-9-17-16(6-2,14(19)20)8-7-10-18-11-12-21-15(3,4)13-18/h17H,5-13H2,1-4H3,(H,19,20). The molecule has 0 aromatic rings. The van der Waals surface area contributed by atoms with Crippen molar-refractivity contribution in [2.45, 2.75) is 64.5 Å². The molecule has 0 spiro atoms. The third kappa shape index (κ3) is 5.57. The average Bonchev–Trinajstić information content (AvgIpc) is 2.41. The van der Waals surface area contributed by atoms with Crippen LogP contribution in [0.15, 0.2) is 0 Å². The highest BCUT2D eigenvalue weighted by Gasteiger charge is 2.35. The van der Waals surface area contributed by atoms with Crippen molar-refractivity contribution in [3.05, 3.63) is 0 Å². The summed E-state index contributed by atoms with van der Waals surface area (Å²) in [7, 11) is 0. The van der Waals surface area contributed by atoms with Crippen LogP contribution < -0.4 is 5.32 Å². The molecule has 0 amide bonds. The molecule has 0 aromatic heterocycles. The molecule has 1 rings (SSSR count). The lowest BCUT2D eigenvalue weighted by Crippen LogP contribution is -2.53. The quantitative estimate of drug-likeness (QED) is 0.683. The molecule has 2 N–H and O–H groups in total. The number of carboxylic acids is 1. The monoisotopic (exact) mass is 300 g/mol. The molecule has 0 radical (unpaired) electrons. The molecule has 1 heterocycles. The van der Waals surface area contributed by atoms with Crippen LogP contribution in [0.5, 0.6) is 0 Å². The van der Waals surface area contributed by atoms with Crippen molar-refractivity contribution < 1.29 is 14.6 Å². The number of carboxylic acid groups (broad SMARTS) is 1. The van der Waals surface area contributed by atoms with Gasteiger partial charge in [0.1, 0.15) is 5.54 Å². The zero-order valence-electron chi connectivity index (χ0n) is 14.1. The van der Waals surface area contributed by atoms with Crippen molar-refractivity contribution in [3.8, 4) is 0 Å². The van der Waals surface area contributed by atoms with E-state index in [1.165, 1.54) is 0 Å². The lowest BCUT2D eigenvalue weighted by Gasteiger charge is -2.38. The van der Waals surface area contributed by atoms with E-state index < -0.39 is 11.5 Å². The summed E-state index contributed by atoms with van der Waals surface area (Å²) in [5.41, 5.74) is -0.856. The van der Waals surface area contributed by atoms with Gasteiger partial charge in [0, 0.05) is 13.1 Å². The molecule has 0 bridgehead atoms. The lowest BCUT2D eigenvalue weighted by atomic mass is 9.90. The van der Waals surface area contributed by atoms with E-state index in [4.69, 9.17) is 4.74 Å². The first-order valence-electron chi connectivity index (χ1n) is 8.20. The Bertz CT molecular complexity index is 333. The molecule has 1 aliphatic heterocycles. The molecule has 1 unspecified atom stereocenters. The number of hydrogen-bond donors (Lipinski definition) is 2. The van der Waals surface area contributed by atoms with Gasteiger partial charge in [0.25, 0.3) is 0 Å². The Morgan fingerprint density at radius 2 is 2.14 bits per heavy atom. The van der Waals surface area contributed by atoms with Gasteiger partial charge in [-0.05, 0) is 52.6 Å². The van der Waals surface area contributed by atoms with Crippen molar-refractivity contribution in [2.75, 3.05) is 32.8 Å². The molecule has 5 heteroatoms. The Kier molecular flexibility index (Phi) is 7.10. The number of carbonyl (C=O) groups is 1. The summed E-state index contributed by atoms with van der Waals surface area (Å²) in [6.07, 6.45) is 3.15. The lowest BCUT2D eigenvalue weighted by molar-refractivity contribution is -0.145. The van der Waals surface area contributed by atoms with Crippen LogP contribution >= 0.6 is 0 Å². The van der Waals surface area contributed by atoms with E-state index >= 15 is 0 Å². The second kappa shape index (κ2) is 8.11. The van der Waals surface area contributed by atoms with Crippen LogP contribution in [0.25, 0.3) is 0 Å². The fraction of sp³-hybridized carbons (Fsp3) is 0.938. The SMILES string of the molecule is CCCNC(CC)(CCCN1CCOC(C)(C)C1)C(=O)O. The maximum atomic E-state index is 11.6. The molecule has 1 aliphatic rings. The van der Waals surface area contributed by atoms with Crippen molar-refractivity contribution in [1.82, 2.24) is 10.2 Å². The van der Waals surface area contributed by atoms with Gasteiger partial charge in [-0.15, -0.1) is 0 Å². The fourth-order valence-corrected chi connectivity index (χ4v) is 3.00. The fourth-order valence-electron chi connectivity index (χ4n) is 3.00.